The van der Waals surface area contributed by atoms with E-state index < -0.39 is 0 Å². The number of halogens is 2. The van der Waals surface area contributed by atoms with Crippen LogP contribution in [0.4, 0.5) is 0 Å². The van der Waals surface area contributed by atoms with Crippen LogP contribution in [0.2, 0.25) is 0 Å². The van der Waals surface area contributed by atoms with Gasteiger partial charge < -0.3 is 4.74 Å². The molecule has 0 aliphatic carbocycles. The minimum atomic E-state index is 0.428. The molecule has 1 aromatic carbocycles. The Morgan fingerprint density at radius 1 is 1.24 bits per heavy atom. The van der Waals surface area contributed by atoms with Crippen LogP contribution in [0.15, 0.2) is 22.7 Å². The van der Waals surface area contributed by atoms with E-state index in [4.69, 9.17) is 4.74 Å². The molecule has 0 bridgehead atoms. The summed E-state index contributed by atoms with van der Waals surface area (Å²) in [6.07, 6.45) is 2.40. The van der Waals surface area contributed by atoms with Crippen LogP contribution in [0.5, 0.6) is 5.75 Å². The summed E-state index contributed by atoms with van der Waals surface area (Å²) in [7, 11) is 0. The summed E-state index contributed by atoms with van der Waals surface area (Å²) < 4.78 is 6.54. The SMILES string of the molecule is CCOc1ccc(C(Br)CCC(C)C)cc1Br. The predicted octanol–water partition coefficient (Wildman–Crippen LogP) is 5.72. The van der Waals surface area contributed by atoms with Gasteiger partial charge in [-0.2, -0.15) is 0 Å². The van der Waals surface area contributed by atoms with Crippen LogP contribution >= 0.6 is 31.9 Å². The second-order valence-electron chi connectivity index (χ2n) is 4.56. The van der Waals surface area contributed by atoms with Gasteiger partial charge in [0.2, 0.25) is 0 Å². The van der Waals surface area contributed by atoms with Gasteiger partial charge in [-0.15, -0.1) is 0 Å². The predicted molar refractivity (Wildman–Crippen MR) is 81.1 cm³/mol. The van der Waals surface area contributed by atoms with Crippen LogP contribution in [0.3, 0.4) is 0 Å². The Kier molecular flexibility index (Phi) is 6.57. The van der Waals surface area contributed by atoms with E-state index in [1.54, 1.807) is 0 Å². The van der Waals surface area contributed by atoms with E-state index in [1.165, 1.54) is 12.0 Å². The third-order valence-electron chi connectivity index (χ3n) is 2.61. The highest BCUT2D eigenvalue weighted by Gasteiger charge is 2.10. The van der Waals surface area contributed by atoms with Gasteiger partial charge >= 0.3 is 0 Å². The molecule has 0 amide bonds. The Labute approximate surface area is 121 Å². The monoisotopic (exact) mass is 362 g/mol. The highest BCUT2D eigenvalue weighted by Crippen LogP contribution is 2.34. The molecule has 1 unspecified atom stereocenters. The van der Waals surface area contributed by atoms with Crippen LogP contribution in [-0.4, -0.2) is 6.61 Å². The van der Waals surface area contributed by atoms with E-state index in [9.17, 15) is 0 Å². The molecule has 0 aliphatic heterocycles. The first-order chi connectivity index (χ1) is 8.04. The lowest BCUT2D eigenvalue weighted by Gasteiger charge is -2.14. The van der Waals surface area contributed by atoms with Gasteiger partial charge in [0.25, 0.3) is 0 Å². The summed E-state index contributed by atoms with van der Waals surface area (Å²) in [6, 6.07) is 6.31. The minimum Gasteiger partial charge on any atom is -0.493 e. The van der Waals surface area contributed by atoms with E-state index in [2.05, 4.69) is 57.8 Å². The summed E-state index contributed by atoms with van der Waals surface area (Å²) in [4.78, 5) is 0.428. The van der Waals surface area contributed by atoms with Crippen molar-refractivity contribution in [1.82, 2.24) is 0 Å². The van der Waals surface area contributed by atoms with Crippen molar-refractivity contribution < 1.29 is 4.74 Å². The largest absolute Gasteiger partial charge is 0.493 e. The summed E-state index contributed by atoms with van der Waals surface area (Å²) in [5.74, 6) is 1.67. The molecule has 0 aliphatic rings. The number of rotatable bonds is 6. The standard InChI is InChI=1S/C14H20Br2O/c1-4-17-14-8-6-11(9-13(14)16)12(15)7-5-10(2)3/h6,8-10,12H,4-5,7H2,1-3H3. The van der Waals surface area contributed by atoms with Gasteiger partial charge in [-0.05, 0) is 59.3 Å². The molecule has 17 heavy (non-hydrogen) atoms. The number of hydrogen-bond acceptors (Lipinski definition) is 1. The van der Waals surface area contributed by atoms with Crippen molar-refractivity contribution in [2.45, 2.75) is 38.4 Å². The first-order valence-corrected chi connectivity index (χ1v) is 7.81. The molecule has 0 radical (unpaired) electrons. The van der Waals surface area contributed by atoms with Crippen LogP contribution < -0.4 is 4.74 Å². The van der Waals surface area contributed by atoms with Crippen LogP contribution in [-0.2, 0) is 0 Å². The molecule has 0 heterocycles. The summed E-state index contributed by atoms with van der Waals surface area (Å²) in [6.45, 7) is 7.21. The Bertz CT molecular complexity index is 350. The third-order valence-corrected chi connectivity index (χ3v) is 4.22. The molecule has 3 heteroatoms. The van der Waals surface area contributed by atoms with Gasteiger partial charge in [-0.25, -0.2) is 0 Å². The zero-order chi connectivity index (χ0) is 12.8. The smallest absolute Gasteiger partial charge is 0.133 e. The van der Waals surface area contributed by atoms with Gasteiger partial charge in [-0.1, -0.05) is 35.8 Å². The van der Waals surface area contributed by atoms with Crippen molar-refractivity contribution in [2.75, 3.05) is 6.61 Å². The Morgan fingerprint density at radius 3 is 2.47 bits per heavy atom. The lowest BCUT2D eigenvalue weighted by atomic mass is 10.0. The molecule has 0 saturated heterocycles. The molecule has 1 aromatic rings. The average molecular weight is 364 g/mol. The maximum Gasteiger partial charge on any atom is 0.133 e. The fraction of sp³-hybridized carbons (Fsp3) is 0.571. The van der Waals surface area contributed by atoms with E-state index in [-0.39, 0.29) is 0 Å². The zero-order valence-corrected chi connectivity index (χ0v) is 13.8. The highest BCUT2D eigenvalue weighted by atomic mass is 79.9. The average Bonchev–Trinajstić information content (AvgIpc) is 2.28. The second kappa shape index (κ2) is 7.42. The second-order valence-corrected chi connectivity index (χ2v) is 6.52. The Balaban J connectivity index is 2.68. The molecule has 0 N–H and O–H groups in total. The lowest BCUT2D eigenvalue weighted by molar-refractivity contribution is 0.338. The molecule has 1 rings (SSSR count). The van der Waals surface area contributed by atoms with Crippen molar-refractivity contribution in [3.63, 3.8) is 0 Å². The zero-order valence-electron chi connectivity index (χ0n) is 10.7. The molecule has 0 aromatic heterocycles. The molecule has 0 fully saturated rings. The van der Waals surface area contributed by atoms with Gasteiger partial charge in [0.05, 0.1) is 11.1 Å². The maximum atomic E-state index is 5.51. The van der Waals surface area contributed by atoms with Crippen molar-refractivity contribution in [3.8, 4) is 5.75 Å². The van der Waals surface area contributed by atoms with Crippen molar-refractivity contribution in [1.29, 1.82) is 0 Å². The minimum absolute atomic E-state index is 0.428. The molecular formula is C14H20Br2O. The summed E-state index contributed by atoms with van der Waals surface area (Å²) in [5, 5.41) is 0. The number of ether oxygens (including phenoxy) is 1. The molecule has 0 saturated carbocycles. The fourth-order valence-corrected chi connectivity index (χ4v) is 2.69. The lowest BCUT2D eigenvalue weighted by Crippen LogP contribution is -1.96. The van der Waals surface area contributed by atoms with Crippen molar-refractivity contribution in [2.24, 2.45) is 5.92 Å². The number of benzene rings is 1. The molecular weight excluding hydrogens is 344 g/mol. The van der Waals surface area contributed by atoms with Gasteiger partial charge in [-0.3, -0.25) is 0 Å². The molecule has 96 valence electrons. The molecule has 1 nitrogen and oxygen atoms in total. The Morgan fingerprint density at radius 2 is 1.94 bits per heavy atom. The van der Waals surface area contributed by atoms with Crippen LogP contribution in [0.25, 0.3) is 0 Å². The normalized spacial score (nSPS) is 12.8. The number of alkyl halides is 1. The highest BCUT2D eigenvalue weighted by molar-refractivity contribution is 9.10. The first-order valence-electron chi connectivity index (χ1n) is 6.11. The van der Waals surface area contributed by atoms with Gasteiger partial charge in [0.15, 0.2) is 0 Å². The van der Waals surface area contributed by atoms with Gasteiger partial charge in [0, 0.05) is 4.83 Å². The maximum absolute atomic E-state index is 5.51. The fourth-order valence-electron chi connectivity index (χ4n) is 1.63. The topological polar surface area (TPSA) is 9.23 Å². The number of hydrogen-bond donors (Lipinski definition) is 0. The van der Waals surface area contributed by atoms with E-state index in [0.717, 1.165) is 22.6 Å². The van der Waals surface area contributed by atoms with E-state index >= 15 is 0 Å². The van der Waals surface area contributed by atoms with Crippen LogP contribution in [0.1, 0.15) is 44.0 Å². The first kappa shape index (κ1) is 15.0. The van der Waals surface area contributed by atoms with E-state index in [0.29, 0.717) is 11.4 Å². The quantitative estimate of drug-likeness (QED) is 0.587. The molecule has 0 spiro atoms. The van der Waals surface area contributed by atoms with Crippen molar-refractivity contribution >= 4 is 31.9 Å². The summed E-state index contributed by atoms with van der Waals surface area (Å²) in [5.41, 5.74) is 1.31. The van der Waals surface area contributed by atoms with Crippen LogP contribution in [0, 0.1) is 5.92 Å². The molecule has 1 atom stereocenters. The van der Waals surface area contributed by atoms with Crippen molar-refractivity contribution in [3.05, 3.63) is 28.2 Å². The van der Waals surface area contributed by atoms with Gasteiger partial charge in [0.1, 0.15) is 5.75 Å². The summed E-state index contributed by atoms with van der Waals surface area (Å²) >= 11 is 7.30. The van der Waals surface area contributed by atoms with E-state index in [1.807, 2.05) is 13.0 Å². The Hall–Kier alpha value is -0.0200. The third kappa shape index (κ3) is 5.01.